The number of rotatable bonds is 7. The van der Waals surface area contributed by atoms with Crippen molar-refractivity contribution >= 4 is 63.1 Å². The van der Waals surface area contributed by atoms with Crippen LogP contribution in [0.1, 0.15) is 27.0 Å². The number of benzene rings is 3. The summed E-state index contributed by atoms with van der Waals surface area (Å²) >= 11 is 4.33. The summed E-state index contributed by atoms with van der Waals surface area (Å²) in [6, 6.07) is 20.3. The molecule has 0 radical (unpaired) electrons. The molecule has 0 spiro atoms. The zero-order valence-corrected chi connectivity index (χ0v) is 20.9. The molecule has 0 bridgehead atoms. The Morgan fingerprint density at radius 2 is 1.68 bits per heavy atom. The van der Waals surface area contributed by atoms with Crippen LogP contribution in [-0.2, 0) is 11.4 Å². The first-order chi connectivity index (χ1) is 14.8. The largest absolute Gasteiger partial charge is 0.487 e. The van der Waals surface area contributed by atoms with E-state index in [4.69, 9.17) is 4.74 Å². The molecule has 0 saturated carbocycles. The maximum atomic E-state index is 12.3. The molecule has 0 fully saturated rings. The molecule has 3 rings (SSSR count). The fourth-order valence-electron chi connectivity index (χ4n) is 2.86. The summed E-state index contributed by atoms with van der Waals surface area (Å²) < 4.78 is 7.72. The smallest absolute Gasteiger partial charge is 0.352 e. The first kappa shape index (κ1) is 23.3. The Labute approximate surface area is 207 Å². The Bertz CT molecular complexity index is 1120. The number of hydrogen-bond donors (Lipinski definition) is 2. The molecule has 0 aliphatic carbocycles. The highest BCUT2D eigenvalue weighted by atomic mass is 127. The monoisotopic (exact) mass is 639 g/mol. The number of nitrogens with one attached hydrogen (secondary N) is 1. The van der Waals surface area contributed by atoms with Crippen LogP contribution in [0.25, 0.3) is 6.08 Å². The maximum Gasteiger partial charge on any atom is 0.352 e. The van der Waals surface area contributed by atoms with Crippen LogP contribution in [-0.4, -0.2) is 17.0 Å². The molecule has 0 saturated heterocycles. The molecule has 7 heteroatoms. The van der Waals surface area contributed by atoms with Crippen molar-refractivity contribution in [3.05, 3.63) is 102 Å². The third kappa shape index (κ3) is 6.54. The van der Waals surface area contributed by atoms with Crippen molar-refractivity contribution in [2.75, 3.05) is 0 Å². The molecule has 0 unspecified atom stereocenters. The number of carboxylic acids is 1. The lowest BCUT2D eigenvalue weighted by Gasteiger charge is -2.12. The van der Waals surface area contributed by atoms with Crippen molar-refractivity contribution in [3.63, 3.8) is 0 Å². The summed E-state index contributed by atoms with van der Waals surface area (Å²) in [4.78, 5) is 24.0. The molecule has 0 heterocycles. The van der Waals surface area contributed by atoms with Crippen LogP contribution in [0, 0.1) is 14.1 Å². The van der Waals surface area contributed by atoms with E-state index in [1.54, 1.807) is 30.3 Å². The van der Waals surface area contributed by atoms with E-state index in [1.165, 1.54) is 11.6 Å². The van der Waals surface area contributed by atoms with Gasteiger partial charge in [0.2, 0.25) is 0 Å². The summed E-state index contributed by atoms with van der Waals surface area (Å²) in [5.74, 6) is -0.948. The highest BCUT2D eigenvalue weighted by Gasteiger charge is 2.15. The van der Waals surface area contributed by atoms with Gasteiger partial charge in [-0.05, 0) is 93.6 Å². The average Bonchev–Trinajstić information content (AvgIpc) is 2.73. The minimum Gasteiger partial charge on any atom is -0.487 e. The van der Waals surface area contributed by atoms with Gasteiger partial charge >= 0.3 is 5.97 Å². The second-order valence-electron chi connectivity index (χ2n) is 6.77. The van der Waals surface area contributed by atoms with Gasteiger partial charge in [0.25, 0.3) is 5.91 Å². The van der Waals surface area contributed by atoms with Crippen LogP contribution in [0.3, 0.4) is 0 Å². The number of carbonyl (C=O) groups is 2. The quantitative estimate of drug-likeness (QED) is 0.260. The van der Waals surface area contributed by atoms with Crippen molar-refractivity contribution in [1.82, 2.24) is 5.32 Å². The Morgan fingerprint density at radius 3 is 2.29 bits per heavy atom. The predicted octanol–water partition coefficient (Wildman–Crippen LogP) is 5.64. The highest BCUT2D eigenvalue weighted by molar-refractivity contribution is 14.1. The molecule has 5 nitrogen and oxygen atoms in total. The average molecular weight is 639 g/mol. The number of halogens is 2. The summed E-state index contributed by atoms with van der Waals surface area (Å²) in [5, 5.41) is 12.0. The lowest BCUT2D eigenvalue weighted by atomic mass is 10.1. The van der Waals surface area contributed by atoms with E-state index in [0.29, 0.717) is 17.7 Å². The van der Waals surface area contributed by atoms with Crippen molar-refractivity contribution < 1.29 is 19.4 Å². The highest BCUT2D eigenvalue weighted by Crippen LogP contribution is 2.30. The van der Waals surface area contributed by atoms with Gasteiger partial charge in [0, 0.05) is 5.56 Å². The minimum absolute atomic E-state index is 0.200. The van der Waals surface area contributed by atoms with Crippen LogP contribution in [0.5, 0.6) is 5.75 Å². The van der Waals surface area contributed by atoms with E-state index in [9.17, 15) is 14.7 Å². The van der Waals surface area contributed by atoms with E-state index < -0.39 is 11.9 Å². The normalized spacial score (nSPS) is 11.1. The van der Waals surface area contributed by atoms with Gasteiger partial charge in [0.15, 0.2) is 0 Å². The van der Waals surface area contributed by atoms with E-state index in [1.807, 2.05) is 37.3 Å². The standard InChI is InChI=1S/C24H19I2NO4/c1-15-6-5-7-16(10-15)14-31-22-19(25)11-17(12-20(22)26)13-21(24(29)30)27-23(28)18-8-3-2-4-9-18/h2-13H,14H2,1H3,(H,27,28)(H,29,30). The molecule has 1 amide bonds. The number of carbonyl (C=O) groups excluding carboxylic acids is 1. The van der Waals surface area contributed by atoms with Crippen LogP contribution >= 0.6 is 45.2 Å². The molecule has 31 heavy (non-hydrogen) atoms. The number of amides is 1. The summed E-state index contributed by atoms with van der Waals surface area (Å²) in [6.45, 7) is 2.48. The van der Waals surface area contributed by atoms with E-state index in [-0.39, 0.29) is 5.70 Å². The lowest BCUT2D eigenvalue weighted by Crippen LogP contribution is -2.27. The lowest BCUT2D eigenvalue weighted by molar-refractivity contribution is -0.132. The fourth-order valence-corrected chi connectivity index (χ4v) is 4.99. The van der Waals surface area contributed by atoms with Gasteiger partial charge in [0.1, 0.15) is 18.1 Å². The third-order valence-electron chi connectivity index (χ3n) is 4.31. The Balaban J connectivity index is 1.80. The van der Waals surface area contributed by atoms with Crippen molar-refractivity contribution in [3.8, 4) is 5.75 Å². The zero-order valence-electron chi connectivity index (χ0n) is 16.6. The van der Waals surface area contributed by atoms with E-state index >= 15 is 0 Å². The van der Waals surface area contributed by atoms with Crippen molar-refractivity contribution in [1.29, 1.82) is 0 Å². The maximum absolute atomic E-state index is 12.3. The molecule has 158 valence electrons. The number of carboxylic acid groups (broad SMARTS) is 1. The fraction of sp³-hybridized carbons (Fsp3) is 0.0833. The topological polar surface area (TPSA) is 75.6 Å². The van der Waals surface area contributed by atoms with Gasteiger partial charge in [-0.25, -0.2) is 4.79 Å². The molecule has 2 N–H and O–H groups in total. The predicted molar refractivity (Wildman–Crippen MR) is 137 cm³/mol. The van der Waals surface area contributed by atoms with Crippen LogP contribution in [0.4, 0.5) is 0 Å². The first-order valence-corrected chi connectivity index (χ1v) is 11.5. The number of aliphatic carboxylic acids is 1. The number of aryl methyl sites for hydroxylation is 1. The number of hydrogen-bond acceptors (Lipinski definition) is 3. The molecule has 0 aromatic heterocycles. The molecular formula is C24H19I2NO4. The second-order valence-corrected chi connectivity index (χ2v) is 9.10. The summed E-state index contributed by atoms with van der Waals surface area (Å²) in [6.07, 6.45) is 1.44. The van der Waals surface area contributed by atoms with E-state index in [0.717, 1.165) is 18.5 Å². The molecular weight excluding hydrogens is 620 g/mol. The number of ether oxygens (including phenoxy) is 1. The van der Waals surface area contributed by atoms with Gasteiger partial charge < -0.3 is 15.2 Å². The Hall–Kier alpha value is -2.40. The SMILES string of the molecule is Cc1cccc(COc2c(I)cc(C=C(NC(=O)c3ccccc3)C(=O)O)cc2I)c1. The van der Waals surface area contributed by atoms with Gasteiger partial charge in [-0.15, -0.1) is 0 Å². The summed E-state index contributed by atoms with van der Waals surface area (Å²) in [5.41, 5.74) is 3.09. The molecule has 0 aliphatic rings. The van der Waals surface area contributed by atoms with Crippen molar-refractivity contribution in [2.45, 2.75) is 13.5 Å². The summed E-state index contributed by atoms with van der Waals surface area (Å²) in [7, 11) is 0. The van der Waals surface area contributed by atoms with Gasteiger partial charge in [0.05, 0.1) is 7.14 Å². The van der Waals surface area contributed by atoms with Gasteiger partial charge in [-0.3, -0.25) is 4.79 Å². The second kappa shape index (κ2) is 10.8. The molecule has 0 atom stereocenters. The van der Waals surface area contributed by atoms with Crippen molar-refractivity contribution in [2.24, 2.45) is 0 Å². The van der Waals surface area contributed by atoms with Crippen LogP contribution in [0.2, 0.25) is 0 Å². The first-order valence-electron chi connectivity index (χ1n) is 9.32. The van der Waals surface area contributed by atoms with Gasteiger partial charge in [-0.1, -0.05) is 48.0 Å². The minimum atomic E-state index is -1.21. The molecule has 0 aliphatic heterocycles. The Kier molecular flexibility index (Phi) is 8.08. The van der Waals surface area contributed by atoms with Gasteiger partial charge in [-0.2, -0.15) is 0 Å². The molecule has 3 aromatic rings. The Morgan fingerprint density at radius 1 is 1.00 bits per heavy atom. The van der Waals surface area contributed by atoms with Crippen LogP contribution in [0.15, 0.2) is 72.4 Å². The zero-order chi connectivity index (χ0) is 22.4. The van der Waals surface area contributed by atoms with Crippen LogP contribution < -0.4 is 10.1 Å². The molecule has 3 aromatic carbocycles. The third-order valence-corrected chi connectivity index (χ3v) is 5.91. The van der Waals surface area contributed by atoms with E-state index in [2.05, 4.69) is 56.6 Å².